The molecule has 0 fully saturated rings. The Morgan fingerprint density at radius 1 is 1.25 bits per heavy atom. The minimum absolute atomic E-state index is 0.130. The molecule has 0 radical (unpaired) electrons. The molecule has 20 heavy (non-hydrogen) atoms. The molecule has 2 nitrogen and oxygen atoms in total. The molecule has 0 amide bonds. The molecular weight excluding hydrogens is 279 g/mol. The standard InChI is InChI=1S/C16H14ClFO2/c1-20-15-4-2-3-11(7-15)5-6-16(19)12-8-13(17)10-14(18)9-12/h2-4,7-10H,5-6H2,1H3. The van der Waals surface area contributed by atoms with Gasteiger partial charge in [0.25, 0.3) is 0 Å². The van der Waals surface area contributed by atoms with Crippen molar-refractivity contribution in [2.45, 2.75) is 12.8 Å². The van der Waals surface area contributed by atoms with Gasteiger partial charge in [-0.3, -0.25) is 4.79 Å². The number of hydrogen-bond donors (Lipinski definition) is 0. The zero-order valence-corrected chi connectivity index (χ0v) is 11.8. The van der Waals surface area contributed by atoms with E-state index in [1.165, 1.54) is 18.2 Å². The van der Waals surface area contributed by atoms with Crippen LogP contribution in [0.3, 0.4) is 0 Å². The first-order chi connectivity index (χ1) is 9.58. The number of carbonyl (C=O) groups excluding carboxylic acids is 1. The summed E-state index contributed by atoms with van der Waals surface area (Å²) in [6.45, 7) is 0. The van der Waals surface area contributed by atoms with E-state index in [0.717, 1.165) is 11.3 Å². The van der Waals surface area contributed by atoms with E-state index in [9.17, 15) is 9.18 Å². The fraction of sp³-hybridized carbons (Fsp3) is 0.188. The largest absolute Gasteiger partial charge is 0.497 e. The summed E-state index contributed by atoms with van der Waals surface area (Å²) < 4.78 is 18.3. The highest BCUT2D eigenvalue weighted by atomic mass is 35.5. The molecule has 0 aliphatic heterocycles. The van der Waals surface area contributed by atoms with Gasteiger partial charge in [-0.2, -0.15) is 0 Å². The lowest BCUT2D eigenvalue weighted by Gasteiger charge is -2.05. The summed E-state index contributed by atoms with van der Waals surface area (Å²) in [7, 11) is 1.60. The summed E-state index contributed by atoms with van der Waals surface area (Å²) >= 11 is 5.74. The first-order valence-electron chi connectivity index (χ1n) is 6.20. The molecule has 0 heterocycles. The van der Waals surface area contributed by atoms with Crippen LogP contribution in [-0.2, 0) is 6.42 Å². The topological polar surface area (TPSA) is 26.3 Å². The number of benzene rings is 2. The third-order valence-electron chi connectivity index (χ3n) is 2.96. The van der Waals surface area contributed by atoms with Gasteiger partial charge in [0.15, 0.2) is 5.78 Å². The second kappa shape index (κ2) is 6.53. The van der Waals surface area contributed by atoms with Crippen LogP contribution in [0.1, 0.15) is 22.3 Å². The number of halogens is 2. The molecular formula is C16H14ClFO2. The summed E-state index contributed by atoms with van der Waals surface area (Å²) in [5, 5.41) is 0.231. The van der Waals surface area contributed by atoms with Crippen LogP contribution in [0.15, 0.2) is 42.5 Å². The molecule has 0 aliphatic rings. The molecule has 0 saturated carbocycles. The quantitative estimate of drug-likeness (QED) is 0.768. The zero-order valence-electron chi connectivity index (χ0n) is 11.0. The number of aryl methyl sites for hydroxylation is 1. The van der Waals surface area contributed by atoms with Gasteiger partial charge in [0.1, 0.15) is 11.6 Å². The molecule has 2 aromatic carbocycles. The highest BCUT2D eigenvalue weighted by Gasteiger charge is 2.09. The summed E-state index contributed by atoms with van der Waals surface area (Å²) in [5.74, 6) is 0.125. The molecule has 0 spiro atoms. The minimum atomic E-state index is -0.498. The maximum atomic E-state index is 13.2. The smallest absolute Gasteiger partial charge is 0.163 e. The molecule has 0 atom stereocenters. The molecule has 0 aromatic heterocycles. The molecule has 0 saturated heterocycles. The number of carbonyl (C=O) groups is 1. The van der Waals surface area contributed by atoms with E-state index in [2.05, 4.69) is 0 Å². The van der Waals surface area contributed by atoms with Gasteiger partial charge in [-0.1, -0.05) is 23.7 Å². The van der Waals surface area contributed by atoms with Crippen LogP contribution in [0.4, 0.5) is 4.39 Å². The second-order valence-corrected chi connectivity index (χ2v) is 4.87. The monoisotopic (exact) mass is 292 g/mol. The number of ether oxygens (including phenoxy) is 1. The zero-order chi connectivity index (χ0) is 14.5. The van der Waals surface area contributed by atoms with Crippen molar-refractivity contribution >= 4 is 17.4 Å². The Morgan fingerprint density at radius 2 is 2.05 bits per heavy atom. The predicted molar refractivity (Wildman–Crippen MR) is 77.1 cm³/mol. The third kappa shape index (κ3) is 3.81. The Kier molecular flexibility index (Phi) is 4.74. The second-order valence-electron chi connectivity index (χ2n) is 4.43. The van der Waals surface area contributed by atoms with E-state index < -0.39 is 5.82 Å². The summed E-state index contributed by atoms with van der Waals surface area (Å²) in [4.78, 5) is 12.0. The van der Waals surface area contributed by atoms with E-state index in [1.54, 1.807) is 7.11 Å². The first-order valence-corrected chi connectivity index (χ1v) is 6.58. The van der Waals surface area contributed by atoms with Crippen molar-refractivity contribution in [2.24, 2.45) is 0 Å². The van der Waals surface area contributed by atoms with E-state index in [4.69, 9.17) is 16.3 Å². The van der Waals surface area contributed by atoms with E-state index in [1.807, 2.05) is 24.3 Å². The Hall–Kier alpha value is -1.87. The Labute approximate surface area is 122 Å². The maximum absolute atomic E-state index is 13.2. The van der Waals surface area contributed by atoms with Gasteiger partial charge in [0.05, 0.1) is 7.11 Å². The predicted octanol–water partition coefficient (Wildman–Crippen LogP) is 4.30. The Morgan fingerprint density at radius 3 is 2.75 bits per heavy atom. The van der Waals surface area contributed by atoms with E-state index in [-0.39, 0.29) is 10.8 Å². The van der Waals surface area contributed by atoms with Crippen molar-refractivity contribution in [2.75, 3.05) is 7.11 Å². The van der Waals surface area contributed by atoms with Crippen LogP contribution >= 0.6 is 11.6 Å². The highest BCUT2D eigenvalue weighted by Crippen LogP contribution is 2.18. The van der Waals surface area contributed by atoms with Gasteiger partial charge in [-0.15, -0.1) is 0 Å². The fourth-order valence-electron chi connectivity index (χ4n) is 1.94. The lowest BCUT2D eigenvalue weighted by Crippen LogP contribution is -2.02. The number of methoxy groups -OCH3 is 1. The number of ketones is 1. The van der Waals surface area contributed by atoms with Crippen molar-refractivity contribution in [1.29, 1.82) is 0 Å². The lowest BCUT2D eigenvalue weighted by molar-refractivity contribution is 0.0982. The van der Waals surface area contributed by atoms with Gasteiger partial charge in [0.2, 0.25) is 0 Å². The third-order valence-corrected chi connectivity index (χ3v) is 3.18. The van der Waals surface area contributed by atoms with Crippen LogP contribution in [0.2, 0.25) is 5.02 Å². The van der Waals surface area contributed by atoms with Gasteiger partial charge in [-0.05, 0) is 42.3 Å². The highest BCUT2D eigenvalue weighted by molar-refractivity contribution is 6.31. The summed E-state index contributed by atoms with van der Waals surface area (Å²) in [5.41, 5.74) is 1.30. The van der Waals surface area contributed by atoms with E-state index in [0.29, 0.717) is 18.4 Å². The molecule has 0 unspecified atom stereocenters. The number of rotatable bonds is 5. The lowest BCUT2D eigenvalue weighted by atomic mass is 10.0. The molecule has 104 valence electrons. The van der Waals surface area contributed by atoms with Crippen molar-refractivity contribution in [3.05, 3.63) is 64.4 Å². The van der Waals surface area contributed by atoms with Crippen LogP contribution in [0, 0.1) is 5.82 Å². The Bertz CT molecular complexity index is 605. The number of Topliss-reactive ketones (excluding diaryl/α,β-unsaturated/α-hetero) is 1. The van der Waals surface area contributed by atoms with Crippen LogP contribution in [-0.4, -0.2) is 12.9 Å². The minimum Gasteiger partial charge on any atom is -0.497 e. The fourth-order valence-corrected chi connectivity index (χ4v) is 2.17. The van der Waals surface area contributed by atoms with Gasteiger partial charge < -0.3 is 4.74 Å². The average Bonchev–Trinajstić information content (AvgIpc) is 2.44. The average molecular weight is 293 g/mol. The van der Waals surface area contributed by atoms with Crippen LogP contribution in [0.5, 0.6) is 5.75 Å². The molecule has 0 N–H and O–H groups in total. The van der Waals surface area contributed by atoms with Crippen molar-refractivity contribution in [3.63, 3.8) is 0 Å². The molecule has 2 rings (SSSR count). The van der Waals surface area contributed by atoms with Crippen molar-refractivity contribution in [1.82, 2.24) is 0 Å². The molecule has 4 heteroatoms. The van der Waals surface area contributed by atoms with Crippen molar-refractivity contribution in [3.8, 4) is 5.75 Å². The first kappa shape index (κ1) is 14.5. The van der Waals surface area contributed by atoms with Crippen LogP contribution < -0.4 is 4.74 Å². The SMILES string of the molecule is COc1cccc(CCC(=O)c2cc(F)cc(Cl)c2)c1. The normalized spacial score (nSPS) is 10.3. The van der Waals surface area contributed by atoms with E-state index >= 15 is 0 Å². The summed E-state index contributed by atoms with van der Waals surface area (Å²) in [6, 6.07) is 11.4. The van der Waals surface area contributed by atoms with Gasteiger partial charge in [-0.25, -0.2) is 4.39 Å². The molecule has 0 aliphatic carbocycles. The Balaban J connectivity index is 2.04. The van der Waals surface area contributed by atoms with Crippen LogP contribution in [0.25, 0.3) is 0 Å². The molecule has 2 aromatic rings. The van der Waals surface area contributed by atoms with Gasteiger partial charge >= 0.3 is 0 Å². The summed E-state index contributed by atoms with van der Waals surface area (Å²) in [6.07, 6.45) is 0.872. The number of hydrogen-bond acceptors (Lipinski definition) is 2. The molecule has 0 bridgehead atoms. The maximum Gasteiger partial charge on any atom is 0.163 e. The van der Waals surface area contributed by atoms with Crippen molar-refractivity contribution < 1.29 is 13.9 Å². The van der Waals surface area contributed by atoms with Gasteiger partial charge in [0, 0.05) is 17.0 Å².